The first-order chi connectivity index (χ1) is 8.99. The Morgan fingerprint density at radius 3 is 2.84 bits per heavy atom. The molecule has 2 N–H and O–H groups in total. The minimum absolute atomic E-state index is 0.0996. The fraction of sp³-hybridized carbons (Fsp3) is 0.308. The van der Waals surface area contributed by atoms with Gasteiger partial charge >= 0.3 is 0 Å². The highest BCUT2D eigenvalue weighted by atomic mass is 79.9. The molecule has 2 aromatic rings. The van der Waals surface area contributed by atoms with E-state index in [1.807, 2.05) is 32.2 Å². The van der Waals surface area contributed by atoms with Crippen LogP contribution in [0.25, 0.3) is 0 Å². The molecule has 1 atom stereocenters. The number of nitrogens with zero attached hydrogens (tertiary/aromatic N) is 2. The summed E-state index contributed by atoms with van der Waals surface area (Å²) in [6.07, 6.45) is 1.61. The van der Waals surface area contributed by atoms with Crippen LogP contribution in [0, 0.1) is 0 Å². The molecule has 0 bridgehead atoms. The molecule has 4 nitrogen and oxygen atoms in total. The third-order valence-corrected chi connectivity index (χ3v) is 3.69. The van der Waals surface area contributed by atoms with Gasteiger partial charge in [-0.3, -0.25) is 0 Å². The predicted octanol–water partition coefficient (Wildman–Crippen LogP) is 3.43. The van der Waals surface area contributed by atoms with Gasteiger partial charge in [-0.05, 0) is 25.1 Å². The monoisotopic (exact) mass is 343 g/mol. The Balaban J connectivity index is 2.17. The minimum atomic E-state index is -0.0996. The quantitative estimate of drug-likeness (QED) is 0.924. The second-order valence-electron chi connectivity index (χ2n) is 4.32. The maximum Gasteiger partial charge on any atom is 0.147 e. The van der Waals surface area contributed by atoms with Crippen LogP contribution in [0.15, 0.2) is 28.9 Å². The summed E-state index contributed by atoms with van der Waals surface area (Å²) in [5.41, 5.74) is 6.90. The van der Waals surface area contributed by atoms with Crippen LogP contribution in [0.1, 0.15) is 24.4 Å². The van der Waals surface area contributed by atoms with Gasteiger partial charge in [-0.1, -0.05) is 27.5 Å². The summed E-state index contributed by atoms with van der Waals surface area (Å²) in [4.78, 5) is 4.19. The average molecular weight is 345 g/mol. The van der Waals surface area contributed by atoms with Gasteiger partial charge in [0.25, 0.3) is 0 Å². The molecule has 19 heavy (non-hydrogen) atoms. The van der Waals surface area contributed by atoms with E-state index in [-0.39, 0.29) is 6.04 Å². The molecule has 1 aromatic carbocycles. The highest BCUT2D eigenvalue weighted by Crippen LogP contribution is 2.28. The number of ether oxygens (including phenoxy) is 1. The second-order valence-corrected chi connectivity index (χ2v) is 5.62. The molecule has 0 aliphatic heterocycles. The summed E-state index contributed by atoms with van der Waals surface area (Å²) in [7, 11) is 1.85. The van der Waals surface area contributed by atoms with Gasteiger partial charge in [-0.2, -0.15) is 0 Å². The van der Waals surface area contributed by atoms with Crippen molar-refractivity contribution >= 4 is 27.5 Å². The molecule has 6 heteroatoms. The molecule has 0 aliphatic rings. The molecule has 1 aromatic heterocycles. The number of hydrogen-bond donors (Lipinski definition) is 1. The lowest BCUT2D eigenvalue weighted by Crippen LogP contribution is -2.09. The maximum absolute atomic E-state index is 5.94. The normalized spacial score (nSPS) is 12.5. The number of hydrogen-bond acceptors (Lipinski definition) is 3. The van der Waals surface area contributed by atoms with Gasteiger partial charge in [0.2, 0.25) is 0 Å². The summed E-state index contributed by atoms with van der Waals surface area (Å²) in [5.74, 6) is 1.53. The van der Waals surface area contributed by atoms with Crippen molar-refractivity contribution in [3.05, 3.63) is 45.4 Å². The zero-order valence-electron chi connectivity index (χ0n) is 10.7. The number of benzene rings is 1. The van der Waals surface area contributed by atoms with Crippen molar-refractivity contribution in [3.63, 3.8) is 0 Å². The van der Waals surface area contributed by atoms with Crippen molar-refractivity contribution in [2.45, 2.75) is 19.6 Å². The molecule has 0 saturated heterocycles. The predicted molar refractivity (Wildman–Crippen MR) is 79.3 cm³/mol. The first-order valence-corrected chi connectivity index (χ1v) is 7.00. The smallest absolute Gasteiger partial charge is 0.147 e. The molecule has 2 rings (SSSR count). The van der Waals surface area contributed by atoms with Crippen molar-refractivity contribution in [3.8, 4) is 5.75 Å². The van der Waals surface area contributed by atoms with E-state index in [2.05, 4.69) is 20.9 Å². The lowest BCUT2D eigenvalue weighted by atomic mass is 10.1. The van der Waals surface area contributed by atoms with Crippen LogP contribution < -0.4 is 10.5 Å². The zero-order valence-corrected chi connectivity index (χ0v) is 13.1. The van der Waals surface area contributed by atoms with E-state index >= 15 is 0 Å². The number of aromatic nitrogens is 2. The Kier molecular flexibility index (Phi) is 4.50. The molecule has 1 heterocycles. The fourth-order valence-corrected chi connectivity index (χ4v) is 2.23. The average Bonchev–Trinajstić information content (AvgIpc) is 2.68. The minimum Gasteiger partial charge on any atom is -0.485 e. The lowest BCUT2D eigenvalue weighted by Gasteiger charge is -2.14. The van der Waals surface area contributed by atoms with Gasteiger partial charge < -0.3 is 15.0 Å². The van der Waals surface area contributed by atoms with Crippen LogP contribution in [-0.2, 0) is 13.7 Å². The van der Waals surface area contributed by atoms with Gasteiger partial charge in [0, 0.05) is 23.1 Å². The topological polar surface area (TPSA) is 53.1 Å². The van der Waals surface area contributed by atoms with E-state index in [9.17, 15) is 0 Å². The molecule has 0 radical (unpaired) electrons. The van der Waals surface area contributed by atoms with E-state index in [1.54, 1.807) is 10.8 Å². The van der Waals surface area contributed by atoms with Crippen LogP contribution in [0.5, 0.6) is 5.75 Å². The van der Waals surface area contributed by atoms with Crippen molar-refractivity contribution in [2.75, 3.05) is 0 Å². The van der Waals surface area contributed by atoms with E-state index in [4.69, 9.17) is 22.1 Å². The Hall–Kier alpha value is -1.04. The molecule has 0 saturated carbocycles. The van der Waals surface area contributed by atoms with Crippen molar-refractivity contribution in [1.29, 1.82) is 0 Å². The standard InChI is InChI=1S/C13H15BrClN3O/c1-8(16)10-5-9(14)3-4-11(10)19-7-13-17-6-12(15)18(13)2/h3-6,8H,7,16H2,1-2H3. The Morgan fingerprint density at radius 2 is 2.26 bits per heavy atom. The summed E-state index contributed by atoms with van der Waals surface area (Å²) >= 11 is 9.36. The number of imidazole rings is 1. The molecule has 1 unspecified atom stereocenters. The summed E-state index contributed by atoms with van der Waals surface area (Å²) in [6, 6.07) is 5.68. The van der Waals surface area contributed by atoms with Crippen LogP contribution in [0.3, 0.4) is 0 Å². The van der Waals surface area contributed by atoms with E-state index in [0.717, 1.165) is 21.6 Å². The van der Waals surface area contributed by atoms with Crippen molar-refractivity contribution in [1.82, 2.24) is 9.55 Å². The second kappa shape index (κ2) is 5.94. The van der Waals surface area contributed by atoms with E-state index in [1.165, 1.54) is 0 Å². The van der Waals surface area contributed by atoms with Gasteiger partial charge in [0.15, 0.2) is 0 Å². The molecule has 102 valence electrons. The Labute approximate surface area is 125 Å². The number of nitrogens with two attached hydrogens (primary N) is 1. The molecule has 0 aliphatic carbocycles. The summed E-state index contributed by atoms with van der Waals surface area (Å²) < 4.78 is 8.55. The number of rotatable bonds is 4. The lowest BCUT2D eigenvalue weighted by molar-refractivity contribution is 0.287. The van der Waals surface area contributed by atoms with Crippen molar-refractivity contribution < 1.29 is 4.74 Å². The zero-order chi connectivity index (χ0) is 14.0. The van der Waals surface area contributed by atoms with Crippen LogP contribution in [0.2, 0.25) is 5.15 Å². The molecule has 0 amide bonds. The van der Waals surface area contributed by atoms with Crippen molar-refractivity contribution in [2.24, 2.45) is 12.8 Å². The fourth-order valence-electron chi connectivity index (χ4n) is 1.71. The highest BCUT2D eigenvalue weighted by molar-refractivity contribution is 9.10. The molecular formula is C13H15BrClN3O. The van der Waals surface area contributed by atoms with Gasteiger partial charge in [-0.15, -0.1) is 0 Å². The third kappa shape index (κ3) is 3.29. The molecule has 0 spiro atoms. The Bertz CT molecular complexity index is 583. The first kappa shape index (κ1) is 14.4. The van der Waals surface area contributed by atoms with E-state index in [0.29, 0.717) is 11.8 Å². The first-order valence-electron chi connectivity index (χ1n) is 5.83. The third-order valence-electron chi connectivity index (χ3n) is 2.85. The molecular weight excluding hydrogens is 330 g/mol. The maximum atomic E-state index is 5.94. The highest BCUT2D eigenvalue weighted by Gasteiger charge is 2.11. The van der Waals surface area contributed by atoms with E-state index < -0.39 is 0 Å². The van der Waals surface area contributed by atoms with Crippen LogP contribution >= 0.6 is 27.5 Å². The largest absolute Gasteiger partial charge is 0.485 e. The van der Waals surface area contributed by atoms with Gasteiger partial charge in [0.1, 0.15) is 23.3 Å². The SMILES string of the molecule is CC(N)c1cc(Br)ccc1OCc1ncc(Cl)n1C. The van der Waals surface area contributed by atoms with Crippen LogP contribution in [-0.4, -0.2) is 9.55 Å². The van der Waals surface area contributed by atoms with Crippen LogP contribution in [0.4, 0.5) is 0 Å². The summed E-state index contributed by atoms with van der Waals surface area (Å²) in [6.45, 7) is 2.27. The van der Waals surface area contributed by atoms with Gasteiger partial charge in [0.05, 0.1) is 6.20 Å². The molecule has 0 fully saturated rings. The van der Waals surface area contributed by atoms with Gasteiger partial charge in [-0.25, -0.2) is 4.98 Å². The number of halogens is 2. The Morgan fingerprint density at radius 1 is 1.53 bits per heavy atom. The summed E-state index contributed by atoms with van der Waals surface area (Å²) in [5, 5.41) is 0.585.